The summed E-state index contributed by atoms with van der Waals surface area (Å²) < 4.78 is 2.20. The number of nitrogens with zero attached hydrogens (tertiary/aromatic N) is 3. The summed E-state index contributed by atoms with van der Waals surface area (Å²) in [5, 5.41) is 5.75. The number of para-hydroxylation sites is 1. The van der Waals surface area contributed by atoms with Crippen molar-refractivity contribution in [3.05, 3.63) is 83.8 Å². The molecule has 0 aliphatic rings. The number of aromatic nitrogens is 3. The highest BCUT2D eigenvalue weighted by molar-refractivity contribution is 6.00. The Morgan fingerprint density at radius 1 is 0.968 bits per heavy atom. The number of benzene rings is 2. The Kier molecular flexibility index (Phi) is 6.26. The summed E-state index contributed by atoms with van der Waals surface area (Å²) in [6, 6.07) is 21.3. The summed E-state index contributed by atoms with van der Waals surface area (Å²) in [6.07, 6.45) is 3.07. The number of anilines is 2. The van der Waals surface area contributed by atoms with Crippen LogP contribution in [0.3, 0.4) is 0 Å². The maximum absolute atomic E-state index is 12.4. The number of rotatable bonds is 7. The lowest BCUT2D eigenvalue weighted by molar-refractivity contribution is 0.262. The van der Waals surface area contributed by atoms with E-state index < -0.39 is 0 Å². The van der Waals surface area contributed by atoms with Crippen LogP contribution in [0.4, 0.5) is 16.2 Å². The quantitative estimate of drug-likeness (QED) is 0.404. The standard InChI is InChI=1S/C25H27N5O/c1-3-4-15-23-28-22-16-21(29-25(31)27-20-13-9-6-10-14-20)18(2)26-24(22)30(23)17-19-11-7-5-8-12-19/h5-14,16H,3-4,15,17H2,1-2H3,(H2,27,29,31). The summed E-state index contributed by atoms with van der Waals surface area (Å²) in [4.78, 5) is 22.1. The molecule has 0 atom stereocenters. The van der Waals surface area contributed by atoms with Crippen LogP contribution < -0.4 is 10.6 Å². The second kappa shape index (κ2) is 9.43. The molecular weight excluding hydrogens is 386 g/mol. The van der Waals surface area contributed by atoms with Crippen molar-refractivity contribution in [2.45, 2.75) is 39.7 Å². The normalized spacial score (nSPS) is 10.9. The molecule has 2 heterocycles. The third-order valence-corrected chi connectivity index (χ3v) is 5.21. The minimum absolute atomic E-state index is 0.301. The van der Waals surface area contributed by atoms with Crippen LogP contribution in [0.15, 0.2) is 66.7 Å². The minimum Gasteiger partial charge on any atom is -0.308 e. The third-order valence-electron chi connectivity index (χ3n) is 5.21. The van der Waals surface area contributed by atoms with Gasteiger partial charge >= 0.3 is 6.03 Å². The zero-order chi connectivity index (χ0) is 21.6. The van der Waals surface area contributed by atoms with Crippen LogP contribution in [0.5, 0.6) is 0 Å². The van der Waals surface area contributed by atoms with E-state index in [1.54, 1.807) is 0 Å². The number of aryl methyl sites for hydroxylation is 2. The predicted octanol–water partition coefficient (Wildman–Crippen LogP) is 5.77. The molecule has 0 saturated carbocycles. The summed E-state index contributed by atoms with van der Waals surface area (Å²) in [7, 11) is 0. The average Bonchev–Trinajstić information content (AvgIpc) is 3.10. The molecule has 2 aromatic carbocycles. The summed E-state index contributed by atoms with van der Waals surface area (Å²) in [5.41, 5.74) is 5.01. The van der Waals surface area contributed by atoms with Gasteiger partial charge < -0.3 is 15.2 Å². The Labute approximate surface area is 182 Å². The van der Waals surface area contributed by atoms with Gasteiger partial charge in [-0.15, -0.1) is 0 Å². The number of hydrogen-bond acceptors (Lipinski definition) is 3. The second-order valence-electron chi connectivity index (χ2n) is 7.61. The number of urea groups is 1. The minimum atomic E-state index is -0.301. The van der Waals surface area contributed by atoms with E-state index in [0.717, 1.165) is 54.2 Å². The summed E-state index contributed by atoms with van der Waals surface area (Å²) in [6.45, 7) is 4.81. The van der Waals surface area contributed by atoms with Gasteiger partial charge in [0.05, 0.1) is 17.9 Å². The van der Waals surface area contributed by atoms with Crippen LogP contribution in [-0.2, 0) is 13.0 Å². The van der Waals surface area contributed by atoms with Gasteiger partial charge in [0.25, 0.3) is 0 Å². The smallest absolute Gasteiger partial charge is 0.308 e. The zero-order valence-corrected chi connectivity index (χ0v) is 17.9. The van der Waals surface area contributed by atoms with Crippen molar-refractivity contribution in [1.82, 2.24) is 14.5 Å². The molecule has 0 bridgehead atoms. The van der Waals surface area contributed by atoms with E-state index in [2.05, 4.69) is 34.3 Å². The highest BCUT2D eigenvalue weighted by Gasteiger charge is 2.16. The molecule has 2 aromatic heterocycles. The fourth-order valence-electron chi connectivity index (χ4n) is 3.58. The molecule has 4 rings (SSSR count). The number of imidazole rings is 1. The summed E-state index contributed by atoms with van der Waals surface area (Å²) >= 11 is 0. The number of unbranched alkanes of at least 4 members (excludes halogenated alkanes) is 1. The van der Waals surface area contributed by atoms with Crippen molar-refractivity contribution in [2.24, 2.45) is 0 Å². The van der Waals surface area contributed by atoms with Crippen molar-refractivity contribution in [1.29, 1.82) is 0 Å². The van der Waals surface area contributed by atoms with Gasteiger partial charge in [-0.1, -0.05) is 61.9 Å². The van der Waals surface area contributed by atoms with Gasteiger partial charge in [0, 0.05) is 12.1 Å². The Bertz CT molecular complexity index is 1170. The van der Waals surface area contributed by atoms with Crippen LogP contribution in [0.2, 0.25) is 0 Å². The van der Waals surface area contributed by atoms with E-state index in [4.69, 9.17) is 9.97 Å². The molecule has 0 fully saturated rings. The topological polar surface area (TPSA) is 71.8 Å². The molecule has 2 N–H and O–H groups in total. The molecule has 0 saturated heterocycles. The Morgan fingerprint density at radius 3 is 2.39 bits per heavy atom. The van der Waals surface area contributed by atoms with E-state index in [-0.39, 0.29) is 6.03 Å². The SMILES string of the molecule is CCCCc1nc2cc(NC(=O)Nc3ccccc3)c(C)nc2n1Cc1ccccc1. The number of carbonyl (C=O) groups is 1. The first-order chi connectivity index (χ1) is 15.1. The first-order valence-corrected chi connectivity index (χ1v) is 10.7. The summed E-state index contributed by atoms with van der Waals surface area (Å²) in [5.74, 6) is 1.03. The monoisotopic (exact) mass is 413 g/mol. The van der Waals surface area contributed by atoms with Crippen LogP contribution in [0.1, 0.15) is 36.8 Å². The van der Waals surface area contributed by atoms with Gasteiger partial charge in [0.1, 0.15) is 11.3 Å². The molecule has 0 unspecified atom stereocenters. The van der Waals surface area contributed by atoms with Crippen molar-refractivity contribution in [2.75, 3.05) is 10.6 Å². The van der Waals surface area contributed by atoms with Crippen LogP contribution in [0.25, 0.3) is 11.2 Å². The lowest BCUT2D eigenvalue weighted by atomic mass is 10.2. The van der Waals surface area contributed by atoms with Gasteiger partial charge in [-0.3, -0.25) is 0 Å². The predicted molar refractivity (Wildman–Crippen MR) is 126 cm³/mol. The van der Waals surface area contributed by atoms with Gasteiger partial charge in [0.15, 0.2) is 5.65 Å². The van der Waals surface area contributed by atoms with Crippen LogP contribution in [-0.4, -0.2) is 20.6 Å². The number of nitrogens with one attached hydrogen (secondary N) is 2. The number of pyridine rings is 1. The second-order valence-corrected chi connectivity index (χ2v) is 7.61. The van der Waals surface area contributed by atoms with Crippen molar-refractivity contribution in [3.63, 3.8) is 0 Å². The number of carbonyl (C=O) groups excluding carboxylic acids is 1. The molecule has 6 nitrogen and oxygen atoms in total. The van der Waals surface area contributed by atoms with E-state index >= 15 is 0 Å². The van der Waals surface area contributed by atoms with E-state index in [0.29, 0.717) is 5.69 Å². The molecule has 158 valence electrons. The molecule has 0 aliphatic heterocycles. The molecule has 0 radical (unpaired) electrons. The number of fused-ring (bicyclic) bond motifs is 1. The third kappa shape index (κ3) is 4.91. The van der Waals surface area contributed by atoms with Crippen LogP contribution >= 0.6 is 0 Å². The molecular formula is C25H27N5O. The molecule has 4 aromatic rings. The lowest BCUT2D eigenvalue weighted by Gasteiger charge is -2.11. The van der Waals surface area contributed by atoms with E-state index in [1.807, 2.05) is 61.5 Å². The fraction of sp³-hybridized carbons (Fsp3) is 0.240. The van der Waals surface area contributed by atoms with E-state index in [1.165, 1.54) is 5.56 Å². The molecule has 2 amide bonds. The van der Waals surface area contributed by atoms with Crippen molar-refractivity contribution < 1.29 is 4.79 Å². The lowest BCUT2D eigenvalue weighted by Crippen LogP contribution is -2.20. The molecule has 0 spiro atoms. The van der Waals surface area contributed by atoms with Gasteiger partial charge in [-0.05, 0) is 37.1 Å². The van der Waals surface area contributed by atoms with Gasteiger partial charge in [-0.2, -0.15) is 0 Å². The maximum Gasteiger partial charge on any atom is 0.323 e. The molecule has 0 aliphatic carbocycles. The first kappa shape index (κ1) is 20.6. The maximum atomic E-state index is 12.4. The van der Waals surface area contributed by atoms with Gasteiger partial charge in [0.2, 0.25) is 0 Å². The Balaban J connectivity index is 1.63. The Hall–Kier alpha value is -3.67. The fourth-order valence-corrected chi connectivity index (χ4v) is 3.58. The Morgan fingerprint density at radius 2 is 1.68 bits per heavy atom. The highest BCUT2D eigenvalue weighted by Crippen LogP contribution is 2.24. The largest absolute Gasteiger partial charge is 0.323 e. The van der Waals surface area contributed by atoms with Crippen LogP contribution in [0, 0.1) is 6.92 Å². The van der Waals surface area contributed by atoms with Crippen molar-refractivity contribution in [3.8, 4) is 0 Å². The highest BCUT2D eigenvalue weighted by atomic mass is 16.2. The molecule has 31 heavy (non-hydrogen) atoms. The van der Waals surface area contributed by atoms with Crippen molar-refractivity contribution >= 4 is 28.6 Å². The zero-order valence-electron chi connectivity index (χ0n) is 17.9. The molecule has 6 heteroatoms. The number of hydrogen-bond donors (Lipinski definition) is 2. The average molecular weight is 414 g/mol. The van der Waals surface area contributed by atoms with E-state index in [9.17, 15) is 4.79 Å². The first-order valence-electron chi connectivity index (χ1n) is 10.7. The number of amides is 2. The van der Waals surface area contributed by atoms with Gasteiger partial charge in [-0.25, -0.2) is 14.8 Å².